The topological polar surface area (TPSA) is 38.3 Å². The number of hydrogen-bond acceptors (Lipinski definition) is 3. The third-order valence-electron chi connectivity index (χ3n) is 2.86. The van der Waals surface area contributed by atoms with Crippen LogP contribution >= 0.6 is 0 Å². The Morgan fingerprint density at radius 3 is 2.38 bits per heavy atom. The summed E-state index contributed by atoms with van der Waals surface area (Å²) in [7, 11) is 0. The first-order valence-corrected chi connectivity index (χ1v) is 6.32. The van der Waals surface area contributed by atoms with Gasteiger partial charge in [-0.2, -0.15) is 0 Å². The standard InChI is InChI=1S/C13H25NO2/c1-6-11(10-7-8-10)14-9(2)12(15)16-13(3,4)5/h9-11,14H,6-8H2,1-5H3/t9-,11?/m0/s1. The fourth-order valence-corrected chi connectivity index (χ4v) is 1.87. The van der Waals surface area contributed by atoms with Gasteiger partial charge in [0.25, 0.3) is 0 Å². The zero-order chi connectivity index (χ0) is 12.3. The first-order valence-electron chi connectivity index (χ1n) is 6.32. The average molecular weight is 227 g/mol. The lowest BCUT2D eigenvalue weighted by Crippen LogP contribution is -2.44. The number of rotatable bonds is 5. The summed E-state index contributed by atoms with van der Waals surface area (Å²) in [5, 5.41) is 3.38. The van der Waals surface area contributed by atoms with Gasteiger partial charge < -0.3 is 10.1 Å². The molecule has 0 spiro atoms. The van der Waals surface area contributed by atoms with E-state index >= 15 is 0 Å². The summed E-state index contributed by atoms with van der Waals surface area (Å²) >= 11 is 0. The van der Waals surface area contributed by atoms with Crippen LogP contribution in [0.3, 0.4) is 0 Å². The summed E-state index contributed by atoms with van der Waals surface area (Å²) in [5.74, 6) is 0.626. The Hall–Kier alpha value is -0.570. The van der Waals surface area contributed by atoms with Crippen LogP contribution in [0.4, 0.5) is 0 Å². The van der Waals surface area contributed by atoms with E-state index in [9.17, 15) is 4.79 Å². The van der Waals surface area contributed by atoms with Crippen LogP contribution in [-0.2, 0) is 9.53 Å². The van der Waals surface area contributed by atoms with E-state index in [1.807, 2.05) is 27.7 Å². The highest BCUT2D eigenvalue weighted by atomic mass is 16.6. The minimum atomic E-state index is -0.395. The summed E-state index contributed by atoms with van der Waals surface area (Å²) in [6.07, 6.45) is 3.68. The summed E-state index contributed by atoms with van der Waals surface area (Å²) in [6.45, 7) is 9.75. The molecule has 1 saturated carbocycles. The molecule has 1 aliphatic rings. The van der Waals surface area contributed by atoms with Crippen molar-refractivity contribution in [3.8, 4) is 0 Å². The summed E-state index contributed by atoms with van der Waals surface area (Å²) in [5.41, 5.74) is -0.395. The second kappa shape index (κ2) is 5.17. The third-order valence-corrected chi connectivity index (χ3v) is 2.86. The highest BCUT2D eigenvalue weighted by Gasteiger charge is 2.32. The minimum Gasteiger partial charge on any atom is -0.459 e. The number of carbonyl (C=O) groups excluding carboxylic acids is 1. The minimum absolute atomic E-state index is 0.147. The van der Waals surface area contributed by atoms with Crippen molar-refractivity contribution >= 4 is 5.97 Å². The van der Waals surface area contributed by atoms with Gasteiger partial charge in [0.15, 0.2) is 0 Å². The highest BCUT2D eigenvalue weighted by molar-refractivity contribution is 5.75. The van der Waals surface area contributed by atoms with Gasteiger partial charge in [0, 0.05) is 6.04 Å². The van der Waals surface area contributed by atoms with Crippen LogP contribution in [0.15, 0.2) is 0 Å². The molecule has 2 atom stereocenters. The van der Waals surface area contributed by atoms with Crippen LogP contribution in [0, 0.1) is 5.92 Å². The SMILES string of the molecule is CCC(N[C@@H](C)C(=O)OC(C)(C)C)C1CC1. The lowest BCUT2D eigenvalue weighted by atomic mass is 10.1. The molecule has 0 radical (unpaired) electrons. The Kier molecular flexibility index (Phi) is 4.36. The molecule has 0 heterocycles. The van der Waals surface area contributed by atoms with Gasteiger partial charge in [-0.1, -0.05) is 6.92 Å². The zero-order valence-electron chi connectivity index (χ0n) is 11.2. The molecular weight excluding hydrogens is 202 g/mol. The van der Waals surface area contributed by atoms with Gasteiger partial charge in [0.2, 0.25) is 0 Å². The van der Waals surface area contributed by atoms with Crippen LogP contribution in [0.25, 0.3) is 0 Å². The van der Waals surface area contributed by atoms with E-state index in [2.05, 4.69) is 12.2 Å². The molecule has 1 fully saturated rings. The predicted octanol–water partition coefficient (Wildman–Crippen LogP) is 2.49. The Balaban J connectivity index is 2.38. The maximum absolute atomic E-state index is 11.8. The van der Waals surface area contributed by atoms with Crippen molar-refractivity contribution in [1.29, 1.82) is 0 Å². The maximum atomic E-state index is 11.8. The second-order valence-corrected chi connectivity index (χ2v) is 5.77. The Bertz CT molecular complexity index is 241. The van der Waals surface area contributed by atoms with E-state index in [4.69, 9.17) is 4.74 Å². The number of nitrogens with one attached hydrogen (secondary N) is 1. The largest absolute Gasteiger partial charge is 0.459 e. The summed E-state index contributed by atoms with van der Waals surface area (Å²) in [4.78, 5) is 11.8. The molecule has 16 heavy (non-hydrogen) atoms. The molecule has 1 unspecified atom stereocenters. The number of esters is 1. The van der Waals surface area contributed by atoms with Crippen molar-refractivity contribution in [1.82, 2.24) is 5.32 Å². The van der Waals surface area contributed by atoms with Crippen molar-refractivity contribution in [2.45, 2.75) is 71.6 Å². The molecule has 0 aromatic rings. The van der Waals surface area contributed by atoms with E-state index in [-0.39, 0.29) is 12.0 Å². The van der Waals surface area contributed by atoms with Gasteiger partial charge in [-0.05, 0) is 52.9 Å². The van der Waals surface area contributed by atoms with Crippen LogP contribution < -0.4 is 5.32 Å². The fourth-order valence-electron chi connectivity index (χ4n) is 1.87. The van der Waals surface area contributed by atoms with E-state index in [1.165, 1.54) is 12.8 Å². The van der Waals surface area contributed by atoms with Crippen LogP contribution in [0.2, 0.25) is 0 Å². The predicted molar refractivity (Wildman–Crippen MR) is 65.2 cm³/mol. The molecule has 0 aromatic carbocycles. The van der Waals surface area contributed by atoms with Crippen molar-refractivity contribution in [3.05, 3.63) is 0 Å². The smallest absolute Gasteiger partial charge is 0.323 e. The lowest BCUT2D eigenvalue weighted by molar-refractivity contribution is -0.157. The maximum Gasteiger partial charge on any atom is 0.323 e. The normalized spacial score (nSPS) is 20.3. The fraction of sp³-hybridized carbons (Fsp3) is 0.923. The van der Waals surface area contributed by atoms with Gasteiger partial charge in [-0.3, -0.25) is 4.79 Å². The monoisotopic (exact) mass is 227 g/mol. The first-order chi connectivity index (χ1) is 7.33. The molecule has 0 aliphatic heterocycles. The average Bonchev–Trinajstić information content (AvgIpc) is 2.94. The molecule has 0 amide bonds. The Labute approximate surface area is 98.9 Å². The van der Waals surface area contributed by atoms with Gasteiger partial charge in [-0.25, -0.2) is 0 Å². The van der Waals surface area contributed by atoms with Crippen LogP contribution in [0.1, 0.15) is 53.9 Å². The van der Waals surface area contributed by atoms with Gasteiger partial charge in [0.05, 0.1) is 0 Å². The van der Waals surface area contributed by atoms with E-state index in [1.54, 1.807) is 0 Å². The van der Waals surface area contributed by atoms with Crippen molar-refractivity contribution < 1.29 is 9.53 Å². The number of carbonyl (C=O) groups is 1. The molecule has 0 saturated heterocycles. The van der Waals surface area contributed by atoms with E-state index in [0.717, 1.165) is 12.3 Å². The van der Waals surface area contributed by atoms with E-state index < -0.39 is 5.60 Å². The lowest BCUT2D eigenvalue weighted by Gasteiger charge is -2.25. The third kappa shape index (κ3) is 4.52. The Morgan fingerprint density at radius 2 is 2.00 bits per heavy atom. The van der Waals surface area contributed by atoms with Crippen molar-refractivity contribution in [2.75, 3.05) is 0 Å². The van der Waals surface area contributed by atoms with Crippen LogP contribution in [-0.4, -0.2) is 23.7 Å². The van der Waals surface area contributed by atoms with Gasteiger partial charge in [0.1, 0.15) is 11.6 Å². The van der Waals surface area contributed by atoms with Gasteiger partial charge >= 0.3 is 5.97 Å². The molecule has 0 bridgehead atoms. The summed E-state index contributed by atoms with van der Waals surface area (Å²) in [6, 6.07) is 0.271. The molecule has 3 heteroatoms. The van der Waals surface area contributed by atoms with Crippen LogP contribution in [0.5, 0.6) is 0 Å². The number of hydrogen-bond donors (Lipinski definition) is 1. The van der Waals surface area contributed by atoms with Crippen molar-refractivity contribution in [3.63, 3.8) is 0 Å². The number of ether oxygens (including phenoxy) is 1. The second-order valence-electron chi connectivity index (χ2n) is 5.77. The zero-order valence-corrected chi connectivity index (χ0v) is 11.2. The molecule has 94 valence electrons. The Morgan fingerprint density at radius 1 is 1.44 bits per heavy atom. The molecule has 1 aliphatic carbocycles. The first kappa shape index (κ1) is 13.5. The van der Waals surface area contributed by atoms with Gasteiger partial charge in [-0.15, -0.1) is 0 Å². The van der Waals surface area contributed by atoms with Crippen molar-refractivity contribution in [2.24, 2.45) is 5.92 Å². The molecule has 1 rings (SSSR count). The highest BCUT2D eigenvalue weighted by Crippen LogP contribution is 2.34. The molecule has 3 nitrogen and oxygen atoms in total. The summed E-state index contributed by atoms with van der Waals surface area (Å²) < 4.78 is 5.34. The quantitative estimate of drug-likeness (QED) is 0.733. The molecule has 0 aromatic heterocycles. The molecule has 1 N–H and O–H groups in total. The molecular formula is C13H25NO2. The van der Waals surface area contributed by atoms with E-state index in [0.29, 0.717) is 6.04 Å².